The quantitative estimate of drug-likeness (QED) is 0.259. The topological polar surface area (TPSA) is 33.1 Å². The van der Waals surface area contributed by atoms with Gasteiger partial charge >= 0.3 is 0 Å². The van der Waals surface area contributed by atoms with Gasteiger partial charge in [0.25, 0.3) is 0 Å². The number of thiocarbonyl (C=S) groups is 1. The van der Waals surface area contributed by atoms with Crippen LogP contribution in [0.25, 0.3) is 5.69 Å². The second-order valence-corrected chi connectivity index (χ2v) is 10.3. The summed E-state index contributed by atoms with van der Waals surface area (Å²) in [5, 5.41) is 4.25. The summed E-state index contributed by atoms with van der Waals surface area (Å²) in [5.41, 5.74) is 6.73. The van der Waals surface area contributed by atoms with Crippen LogP contribution in [-0.2, 0) is 0 Å². The third-order valence-corrected chi connectivity index (χ3v) is 7.39. The Morgan fingerprint density at radius 2 is 1.67 bits per heavy atom. The van der Waals surface area contributed by atoms with E-state index in [4.69, 9.17) is 12.2 Å². The molecule has 0 aliphatic carbocycles. The van der Waals surface area contributed by atoms with Gasteiger partial charge in [-0.05, 0) is 92.3 Å². The van der Waals surface area contributed by atoms with Gasteiger partial charge in [-0.25, -0.2) is 0 Å². The predicted molar refractivity (Wildman–Crippen MR) is 145 cm³/mol. The highest BCUT2D eigenvalue weighted by Gasteiger charge is 2.42. The highest BCUT2D eigenvalue weighted by Crippen LogP contribution is 2.44. The van der Waals surface area contributed by atoms with Crippen LogP contribution in [0.15, 0.2) is 87.9 Å². The first-order valence-corrected chi connectivity index (χ1v) is 12.6. The number of aromatic nitrogens is 2. The fraction of sp³-hybridized carbons (Fsp3) is 0.154. The summed E-state index contributed by atoms with van der Waals surface area (Å²) >= 11 is 13.0. The lowest BCUT2D eigenvalue weighted by Gasteiger charge is -2.28. The van der Waals surface area contributed by atoms with Crippen molar-refractivity contribution in [1.29, 1.82) is 0 Å². The molecule has 1 aliphatic rings. The smallest absolute Gasteiger partial charge is 0.174 e. The zero-order valence-electron chi connectivity index (χ0n) is 18.2. The van der Waals surface area contributed by atoms with E-state index in [9.17, 15) is 0 Å². The summed E-state index contributed by atoms with van der Waals surface area (Å²) in [4.78, 5) is 6.89. The molecule has 2 aromatic heterocycles. The average Bonchev–Trinajstić information content (AvgIpc) is 3.30. The van der Waals surface area contributed by atoms with E-state index in [1.54, 1.807) is 0 Å². The minimum atomic E-state index is -0.0705. The molecule has 1 aliphatic heterocycles. The Labute approximate surface area is 215 Å². The summed E-state index contributed by atoms with van der Waals surface area (Å²) in [6.07, 6.45) is 1.84. The van der Waals surface area contributed by atoms with Crippen molar-refractivity contribution < 1.29 is 0 Å². The second kappa shape index (κ2) is 9.05. The first-order valence-electron chi connectivity index (χ1n) is 10.6. The predicted octanol–water partition coefficient (Wildman–Crippen LogP) is 7.19. The molecule has 33 heavy (non-hydrogen) atoms. The third kappa shape index (κ3) is 4.14. The van der Waals surface area contributed by atoms with Crippen molar-refractivity contribution in [2.24, 2.45) is 0 Å². The third-order valence-electron chi connectivity index (χ3n) is 6.06. The maximum atomic E-state index is 5.87. The molecule has 0 amide bonds. The number of rotatable bonds is 4. The average molecular weight is 582 g/mol. The molecule has 0 saturated carbocycles. The lowest BCUT2D eigenvalue weighted by molar-refractivity contribution is 0.565. The normalized spacial score (nSPS) is 17.9. The Hall–Kier alpha value is -2.48. The SMILES string of the molecule is Cc1cc([C@H]2[C@@H](c3ccccn3)NC(=S)N2c2ccc(Br)cc2)c(C)n1-c1cccc(Br)c1. The Bertz CT molecular complexity index is 1320. The highest BCUT2D eigenvalue weighted by atomic mass is 79.9. The van der Waals surface area contributed by atoms with E-state index in [1.165, 1.54) is 17.0 Å². The number of hydrogen-bond acceptors (Lipinski definition) is 2. The molecule has 2 atom stereocenters. The van der Waals surface area contributed by atoms with Gasteiger partial charge in [0.2, 0.25) is 0 Å². The Morgan fingerprint density at radius 1 is 0.879 bits per heavy atom. The van der Waals surface area contributed by atoms with E-state index in [-0.39, 0.29) is 12.1 Å². The summed E-state index contributed by atoms with van der Waals surface area (Å²) in [7, 11) is 0. The van der Waals surface area contributed by atoms with Crippen molar-refractivity contribution in [3.05, 3.63) is 111 Å². The van der Waals surface area contributed by atoms with Crippen LogP contribution in [0.5, 0.6) is 0 Å². The molecule has 7 heteroatoms. The minimum Gasteiger partial charge on any atom is -0.351 e. The van der Waals surface area contributed by atoms with Gasteiger partial charge in [-0.3, -0.25) is 4.98 Å². The monoisotopic (exact) mass is 580 g/mol. The fourth-order valence-electron chi connectivity index (χ4n) is 4.65. The number of nitrogens with one attached hydrogen (secondary N) is 1. The van der Waals surface area contributed by atoms with Crippen LogP contribution in [0, 0.1) is 13.8 Å². The van der Waals surface area contributed by atoms with E-state index in [0.29, 0.717) is 5.11 Å². The fourth-order valence-corrected chi connectivity index (χ4v) is 5.65. The van der Waals surface area contributed by atoms with E-state index in [0.717, 1.165) is 26.0 Å². The van der Waals surface area contributed by atoms with Gasteiger partial charge < -0.3 is 14.8 Å². The molecule has 1 saturated heterocycles. The van der Waals surface area contributed by atoms with Crippen molar-refractivity contribution in [3.8, 4) is 5.69 Å². The van der Waals surface area contributed by atoms with Crippen LogP contribution in [0.4, 0.5) is 5.69 Å². The van der Waals surface area contributed by atoms with Gasteiger partial charge in [-0.1, -0.05) is 44.0 Å². The van der Waals surface area contributed by atoms with Crippen molar-refractivity contribution in [2.75, 3.05) is 4.90 Å². The van der Waals surface area contributed by atoms with Crippen LogP contribution in [0.3, 0.4) is 0 Å². The molecule has 1 fully saturated rings. The Morgan fingerprint density at radius 3 is 2.36 bits per heavy atom. The number of pyridine rings is 1. The van der Waals surface area contributed by atoms with Crippen LogP contribution in [0.2, 0.25) is 0 Å². The van der Waals surface area contributed by atoms with E-state index < -0.39 is 0 Å². The molecule has 4 nitrogen and oxygen atoms in total. The van der Waals surface area contributed by atoms with E-state index in [1.807, 2.05) is 36.5 Å². The summed E-state index contributed by atoms with van der Waals surface area (Å²) in [5.74, 6) is 0. The van der Waals surface area contributed by atoms with Crippen LogP contribution in [0.1, 0.15) is 34.7 Å². The molecule has 0 unspecified atom stereocenters. The maximum absolute atomic E-state index is 5.87. The zero-order valence-corrected chi connectivity index (χ0v) is 22.2. The van der Waals surface area contributed by atoms with Gasteiger partial charge in [0.15, 0.2) is 5.11 Å². The largest absolute Gasteiger partial charge is 0.351 e. The second-order valence-electron chi connectivity index (χ2n) is 8.11. The van der Waals surface area contributed by atoms with E-state index in [2.05, 4.69) is 108 Å². The summed E-state index contributed by atoms with van der Waals surface area (Å²) in [6, 6.07) is 24.9. The van der Waals surface area contributed by atoms with Gasteiger partial charge in [0.05, 0.1) is 17.8 Å². The number of nitrogens with zero attached hydrogens (tertiary/aromatic N) is 3. The molecule has 4 aromatic rings. The standard InChI is InChI=1S/C26H22Br2N4S/c1-16-14-22(17(2)31(16)21-7-5-6-19(28)15-21)25-24(23-8-3-4-13-29-23)30-26(33)32(25)20-11-9-18(27)10-12-20/h3-15,24-25H,1-2H3,(H,30,33)/t24-,25+/m1/s1. The molecule has 0 spiro atoms. The van der Waals surface area contributed by atoms with Gasteiger partial charge in [-0.2, -0.15) is 0 Å². The van der Waals surface area contributed by atoms with Crippen molar-refractivity contribution in [3.63, 3.8) is 0 Å². The number of halogens is 2. The molecule has 5 rings (SSSR count). The van der Waals surface area contributed by atoms with Crippen LogP contribution >= 0.6 is 44.1 Å². The molecule has 3 heterocycles. The molecule has 2 aromatic carbocycles. The molecule has 1 N–H and O–H groups in total. The van der Waals surface area contributed by atoms with Crippen molar-refractivity contribution in [1.82, 2.24) is 14.9 Å². The lowest BCUT2D eigenvalue weighted by Crippen LogP contribution is -2.29. The summed E-state index contributed by atoms with van der Waals surface area (Å²) in [6.45, 7) is 4.33. The Kier molecular flexibility index (Phi) is 6.12. The first-order chi connectivity index (χ1) is 15.9. The first kappa shape index (κ1) is 22.3. The maximum Gasteiger partial charge on any atom is 0.174 e. The number of anilines is 1. The van der Waals surface area contributed by atoms with Gasteiger partial charge in [0.1, 0.15) is 0 Å². The molecule has 0 radical (unpaired) electrons. The minimum absolute atomic E-state index is 0.0410. The van der Waals surface area contributed by atoms with Crippen molar-refractivity contribution >= 4 is 54.9 Å². The lowest BCUT2D eigenvalue weighted by atomic mass is 9.96. The number of hydrogen-bond donors (Lipinski definition) is 1. The molecule has 0 bridgehead atoms. The molecular weight excluding hydrogens is 560 g/mol. The van der Waals surface area contributed by atoms with Crippen LogP contribution in [-0.4, -0.2) is 14.7 Å². The van der Waals surface area contributed by atoms with Gasteiger partial charge in [0, 0.05) is 37.9 Å². The van der Waals surface area contributed by atoms with Crippen molar-refractivity contribution in [2.45, 2.75) is 25.9 Å². The Balaban J connectivity index is 1.68. The number of aryl methyl sites for hydroxylation is 1. The van der Waals surface area contributed by atoms with E-state index >= 15 is 0 Å². The van der Waals surface area contributed by atoms with Crippen LogP contribution < -0.4 is 10.2 Å². The highest BCUT2D eigenvalue weighted by molar-refractivity contribution is 9.10. The molecule has 166 valence electrons. The summed E-state index contributed by atoms with van der Waals surface area (Å²) < 4.78 is 4.40. The molecular formula is C26H22Br2N4S. The number of benzene rings is 2. The zero-order chi connectivity index (χ0) is 23.1. The van der Waals surface area contributed by atoms with Gasteiger partial charge in [-0.15, -0.1) is 0 Å².